The highest BCUT2D eigenvalue weighted by atomic mass is 32.2. The van der Waals surface area contributed by atoms with Gasteiger partial charge >= 0.3 is 0 Å². The molecule has 0 saturated carbocycles. The Balaban J connectivity index is 1.54. The van der Waals surface area contributed by atoms with Crippen molar-refractivity contribution in [1.29, 1.82) is 0 Å². The Labute approximate surface area is 182 Å². The van der Waals surface area contributed by atoms with E-state index >= 15 is 0 Å². The van der Waals surface area contributed by atoms with E-state index in [2.05, 4.69) is 14.7 Å². The van der Waals surface area contributed by atoms with Crippen molar-refractivity contribution in [2.24, 2.45) is 0 Å². The molecule has 8 nitrogen and oxygen atoms in total. The van der Waals surface area contributed by atoms with Gasteiger partial charge in [0.05, 0.1) is 15.9 Å². The van der Waals surface area contributed by atoms with Gasteiger partial charge in [0.15, 0.2) is 11.5 Å². The molecule has 162 valence electrons. The monoisotopic (exact) mass is 453 g/mol. The van der Waals surface area contributed by atoms with Crippen LogP contribution in [0.1, 0.15) is 0 Å². The van der Waals surface area contributed by atoms with Crippen LogP contribution in [0.15, 0.2) is 71.6 Å². The average Bonchev–Trinajstić information content (AvgIpc) is 2.80. The number of aromatic nitrogens is 2. The van der Waals surface area contributed by atoms with Gasteiger partial charge in [0.1, 0.15) is 24.8 Å². The van der Waals surface area contributed by atoms with Crippen molar-refractivity contribution in [2.75, 3.05) is 17.9 Å². The number of ether oxygens (including phenoxy) is 3. The molecule has 3 aromatic carbocycles. The first-order chi connectivity index (χ1) is 15.5. The fourth-order valence-corrected chi connectivity index (χ4v) is 4.13. The molecule has 4 aromatic rings. The van der Waals surface area contributed by atoms with Crippen molar-refractivity contribution in [3.63, 3.8) is 0 Å². The highest BCUT2D eigenvalue weighted by Crippen LogP contribution is 2.34. The first-order valence-corrected chi connectivity index (χ1v) is 11.1. The van der Waals surface area contributed by atoms with Crippen LogP contribution in [0.3, 0.4) is 0 Å². The van der Waals surface area contributed by atoms with Crippen LogP contribution in [0.4, 0.5) is 10.2 Å². The number of nitrogens with one attached hydrogen (secondary N) is 1. The molecule has 0 amide bonds. The molecule has 0 fully saturated rings. The van der Waals surface area contributed by atoms with Gasteiger partial charge in [0, 0.05) is 6.07 Å². The van der Waals surface area contributed by atoms with Crippen LogP contribution in [-0.4, -0.2) is 31.6 Å². The number of fused-ring (bicyclic) bond motifs is 2. The van der Waals surface area contributed by atoms with Crippen LogP contribution in [-0.2, 0) is 10.0 Å². The summed E-state index contributed by atoms with van der Waals surface area (Å²) in [4.78, 5) is 8.73. The van der Waals surface area contributed by atoms with Crippen molar-refractivity contribution in [3.8, 4) is 23.1 Å². The summed E-state index contributed by atoms with van der Waals surface area (Å²) in [5, 5.41) is 0. The van der Waals surface area contributed by atoms with E-state index in [0.29, 0.717) is 35.7 Å². The van der Waals surface area contributed by atoms with E-state index in [0.717, 1.165) is 0 Å². The minimum atomic E-state index is -4.07. The number of hydrogen-bond donors (Lipinski definition) is 1. The number of nitrogens with zero attached hydrogens (tertiary/aromatic N) is 2. The SMILES string of the molecule is O=S(=O)(Nc1nc2ccccc2nc1Oc1ccc(F)cc1)c1ccc2c(c1)OCCO2. The Morgan fingerprint density at radius 3 is 2.31 bits per heavy atom. The summed E-state index contributed by atoms with van der Waals surface area (Å²) in [5.41, 5.74) is 0.978. The molecule has 10 heteroatoms. The van der Waals surface area contributed by atoms with Gasteiger partial charge in [0.25, 0.3) is 15.9 Å². The van der Waals surface area contributed by atoms with Gasteiger partial charge in [0.2, 0.25) is 5.82 Å². The second kappa shape index (κ2) is 7.97. The summed E-state index contributed by atoms with van der Waals surface area (Å²) in [6.45, 7) is 0.726. The van der Waals surface area contributed by atoms with Crippen molar-refractivity contribution >= 4 is 26.9 Å². The Kier molecular flexibility index (Phi) is 4.98. The molecule has 32 heavy (non-hydrogen) atoms. The third-order valence-electron chi connectivity index (χ3n) is 4.62. The Bertz CT molecular complexity index is 1410. The molecule has 1 N–H and O–H groups in total. The predicted octanol–water partition coefficient (Wildman–Crippen LogP) is 4.13. The van der Waals surface area contributed by atoms with E-state index in [-0.39, 0.29) is 22.3 Å². The summed E-state index contributed by atoms with van der Waals surface area (Å²) in [7, 11) is -4.07. The van der Waals surface area contributed by atoms with E-state index in [1.807, 2.05) is 0 Å². The molecule has 1 aromatic heterocycles. The van der Waals surface area contributed by atoms with Crippen LogP contribution < -0.4 is 18.9 Å². The number of para-hydroxylation sites is 2. The minimum absolute atomic E-state index is 0.0376. The van der Waals surface area contributed by atoms with Gasteiger partial charge < -0.3 is 14.2 Å². The molecule has 0 saturated heterocycles. The molecular weight excluding hydrogens is 437 g/mol. The standard InChI is InChI=1S/C22H16FN3O5S/c23-14-5-7-15(8-6-14)31-22-21(24-17-3-1-2-4-18(17)25-22)26-32(27,28)16-9-10-19-20(13-16)30-12-11-29-19/h1-10,13H,11-12H2,(H,24,26). The maximum Gasteiger partial charge on any atom is 0.264 e. The highest BCUT2D eigenvalue weighted by molar-refractivity contribution is 7.92. The first kappa shape index (κ1) is 20.0. The smallest absolute Gasteiger partial charge is 0.264 e. The lowest BCUT2D eigenvalue weighted by atomic mass is 10.3. The summed E-state index contributed by atoms with van der Waals surface area (Å²) >= 11 is 0. The molecule has 0 radical (unpaired) electrons. The van der Waals surface area contributed by atoms with Gasteiger partial charge in [-0.15, -0.1) is 0 Å². The number of hydrogen-bond acceptors (Lipinski definition) is 7. The van der Waals surface area contributed by atoms with E-state index in [9.17, 15) is 12.8 Å². The van der Waals surface area contributed by atoms with E-state index in [1.54, 1.807) is 24.3 Å². The number of rotatable bonds is 5. The van der Waals surface area contributed by atoms with Gasteiger partial charge in [-0.25, -0.2) is 22.8 Å². The molecular formula is C22H16FN3O5S. The molecule has 0 atom stereocenters. The van der Waals surface area contributed by atoms with E-state index < -0.39 is 15.8 Å². The summed E-state index contributed by atoms with van der Waals surface area (Å²) in [6.07, 6.45) is 0. The zero-order valence-electron chi connectivity index (χ0n) is 16.5. The van der Waals surface area contributed by atoms with Crippen LogP contribution in [0, 0.1) is 5.82 Å². The van der Waals surface area contributed by atoms with Gasteiger partial charge in [-0.05, 0) is 48.5 Å². The molecule has 5 rings (SSSR count). The van der Waals surface area contributed by atoms with E-state index in [1.165, 1.54) is 42.5 Å². The van der Waals surface area contributed by atoms with Crippen LogP contribution in [0.25, 0.3) is 11.0 Å². The van der Waals surface area contributed by atoms with Gasteiger partial charge in [-0.2, -0.15) is 0 Å². The lowest BCUT2D eigenvalue weighted by Gasteiger charge is -2.19. The van der Waals surface area contributed by atoms with Crippen LogP contribution in [0.5, 0.6) is 23.1 Å². The van der Waals surface area contributed by atoms with Crippen LogP contribution >= 0.6 is 0 Å². The summed E-state index contributed by atoms with van der Waals surface area (Å²) in [5.74, 6) is 0.476. The first-order valence-electron chi connectivity index (χ1n) is 9.61. The third kappa shape index (κ3) is 4.00. The third-order valence-corrected chi connectivity index (χ3v) is 5.96. The van der Waals surface area contributed by atoms with Crippen molar-refractivity contribution in [1.82, 2.24) is 9.97 Å². The lowest BCUT2D eigenvalue weighted by molar-refractivity contribution is 0.171. The highest BCUT2D eigenvalue weighted by Gasteiger charge is 2.23. The molecule has 0 spiro atoms. The summed E-state index contributed by atoms with van der Waals surface area (Å²) < 4.78 is 58.5. The fourth-order valence-electron chi connectivity index (χ4n) is 3.11. The zero-order chi connectivity index (χ0) is 22.1. The second-order valence-corrected chi connectivity index (χ2v) is 8.52. The van der Waals surface area contributed by atoms with Crippen molar-refractivity contribution in [3.05, 3.63) is 72.5 Å². The number of halogens is 1. The Morgan fingerprint density at radius 1 is 0.875 bits per heavy atom. The van der Waals surface area contributed by atoms with Gasteiger partial charge in [-0.3, -0.25) is 4.72 Å². The molecule has 1 aliphatic rings. The van der Waals surface area contributed by atoms with Crippen molar-refractivity contribution < 1.29 is 27.0 Å². The normalized spacial score (nSPS) is 13.0. The summed E-state index contributed by atoms with van der Waals surface area (Å²) in [6, 6.07) is 16.5. The fraction of sp³-hybridized carbons (Fsp3) is 0.0909. The Morgan fingerprint density at radius 2 is 1.56 bits per heavy atom. The van der Waals surface area contributed by atoms with E-state index in [4.69, 9.17) is 14.2 Å². The number of sulfonamides is 1. The maximum absolute atomic E-state index is 13.2. The molecule has 0 aliphatic carbocycles. The number of anilines is 1. The lowest BCUT2D eigenvalue weighted by Crippen LogP contribution is -2.18. The molecule has 1 aliphatic heterocycles. The predicted molar refractivity (Wildman–Crippen MR) is 114 cm³/mol. The molecule has 0 unspecified atom stereocenters. The minimum Gasteiger partial charge on any atom is -0.486 e. The topological polar surface area (TPSA) is 99.6 Å². The molecule has 2 heterocycles. The maximum atomic E-state index is 13.2. The van der Waals surface area contributed by atoms with Gasteiger partial charge in [-0.1, -0.05) is 12.1 Å². The van der Waals surface area contributed by atoms with Crippen molar-refractivity contribution in [2.45, 2.75) is 4.90 Å². The average molecular weight is 453 g/mol. The number of benzene rings is 3. The quantitative estimate of drug-likeness (QED) is 0.485. The van der Waals surface area contributed by atoms with Crippen LogP contribution in [0.2, 0.25) is 0 Å². The zero-order valence-corrected chi connectivity index (χ0v) is 17.3. The largest absolute Gasteiger partial charge is 0.486 e. The second-order valence-electron chi connectivity index (χ2n) is 6.83. The Hall–Kier alpha value is -3.92. The molecule has 0 bridgehead atoms.